The number of carbonyl (C=O) groups is 1. The molecule has 2 aliphatic rings. The molecule has 3 heterocycles. The standard InChI is InChI=1S/C22H20N6O2/c23-14-28-12-15-6-8-22(15,13-28)25-21(29)19-10-18(26-27-19)17-11-24-9-7-20(17)30-16-4-2-1-3-5-16/h1-5,7,9-11,15H,6,8,12-13H2,(H,25,29)(H,26,27)/t15?,22-/m0/s1. The van der Waals surface area contributed by atoms with Gasteiger partial charge in [-0.15, -0.1) is 0 Å². The van der Waals surface area contributed by atoms with Gasteiger partial charge in [0.1, 0.15) is 17.2 Å². The number of hydrogen-bond donors (Lipinski definition) is 2. The maximum atomic E-state index is 12.9. The van der Waals surface area contributed by atoms with E-state index < -0.39 is 0 Å². The molecule has 2 atom stereocenters. The number of aromatic nitrogens is 3. The normalized spacial score (nSPS) is 22.0. The predicted octanol–water partition coefficient (Wildman–Crippen LogP) is 2.94. The molecule has 1 amide bonds. The second-order valence-electron chi connectivity index (χ2n) is 7.78. The SMILES string of the molecule is N#CN1CC2CC[C@]2(NC(=O)c2cc(-c3cnccc3Oc3ccccc3)n[nH]2)C1. The van der Waals surface area contributed by atoms with Crippen LogP contribution in [0.25, 0.3) is 11.3 Å². The summed E-state index contributed by atoms with van der Waals surface area (Å²) in [5, 5.41) is 19.5. The fourth-order valence-electron chi connectivity index (χ4n) is 4.27. The number of nitrogens with one attached hydrogen (secondary N) is 2. The summed E-state index contributed by atoms with van der Waals surface area (Å²) in [6.45, 7) is 1.28. The number of benzene rings is 1. The molecule has 5 rings (SSSR count). The quantitative estimate of drug-likeness (QED) is 0.638. The van der Waals surface area contributed by atoms with E-state index in [1.165, 1.54) is 0 Å². The average molecular weight is 400 g/mol. The third kappa shape index (κ3) is 3.14. The van der Waals surface area contributed by atoms with E-state index in [9.17, 15) is 10.1 Å². The molecule has 1 saturated heterocycles. The van der Waals surface area contributed by atoms with Crippen LogP contribution in [-0.2, 0) is 0 Å². The van der Waals surface area contributed by atoms with Crippen molar-refractivity contribution >= 4 is 5.91 Å². The lowest BCUT2D eigenvalue weighted by atomic mass is 9.69. The number of hydrogen-bond acceptors (Lipinski definition) is 6. The Kier molecular flexibility index (Phi) is 4.36. The van der Waals surface area contributed by atoms with Crippen molar-refractivity contribution in [2.24, 2.45) is 5.92 Å². The summed E-state index contributed by atoms with van der Waals surface area (Å²) in [4.78, 5) is 18.8. The summed E-state index contributed by atoms with van der Waals surface area (Å²) < 4.78 is 5.97. The number of rotatable bonds is 5. The summed E-state index contributed by atoms with van der Waals surface area (Å²) in [5.74, 6) is 1.42. The first-order valence-corrected chi connectivity index (χ1v) is 9.87. The molecule has 0 bridgehead atoms. The second-order valence-corrected chi connectivity index (χ2v) is 7.78. The summed E-state index contributed by atoms with van der Waals surface area (Å²) in [6, 6.07) is 12.9. The van der Waals surface area contributed by atoms with Crippen molar-refractivity contribution < 1.29 is 9.53 Å². The van der Waals surface area contributed by atoms with E-state index in [-0.39, 0.29) is 11.4 Å². The lowest BCUT2D eigenvalue weighted by Gasteiger charge is -2.44. The minimum atomic E-state index is -0.312. The molecule has 30 heavy (non-hydrogen) atoms. The Balaban J connectivity index is 1.35. The van der Waals surface area contributed by atoms with E-state index in [1.54, 1.807) is 29.4 Å². The number of aromatic amines is 1. The van der Waals surface area contributed by atoms with Gasteiger partial charge in [0.2, 0.25) is 0 Å². The molecular formula is C22H20N6O2. The molecular weight excluding hydrogens is 380 g/mol. The van der Waals surface area contributed by atoms with Gasteiger partial charge in [0.25, 0.3) is 5.91 Å². The van der Waals surface area contributed by atoms with Gasteiger partial charge in [-0.05, 0) is 37.1 Å². The number of nitrogens with zero attached hydrogens (tertiary/aromatic N) is 4. The number of H-pyrrole nitrogens is 1. The first-order chi connectivity index (χ1) is 14.7. The van der Waals surface area contributed by atoms with Gasteiger partial charge in [-0.3, -0.25) is 14.9 Å². The van der Waals surface area contributed by atoms with E-state index in [4.69, 9.17) is 4.74 Å². The molecule has 2 fully saturated rings. The fourth-order valence-corrected chi connectivity index (χ4v) is 4.27. The number of ether oxygens (including phenoxy) is 1. The van der Waals surface area contributed by atoms with Crippen LogP contribution in [0.3, 0.4) is 0 Å². The van der Waals surface area contributed by atoms with Crippen molar-refractivity contribution in [1.82, 2.24) is 25.4 Å². The van der Waals surface area contributed by atoms with Gasteiger partial charge < -0.3 is 15.0 Å². The Morgan fingerprint density at radius 2 is 2.20 bits per heavy atom. The van der Waals surface area contributed by atoms with E-state index >= 15 is 0 Å². The first kappa shape index (κ1) is 18.2. The second kappa shape index (κ2) is 7.19. The molecule has 2 aromatic heterocycles. The highest BCUT2D eigenvalue weighted by molar-refractivity contribution is 5.94. The van der Waals surface area contributed by atoms with Crippen molar-refractivity contribution in [3.63, 3.8) is 0 Å². The highest BCUT2D eigenvalue weighted by atomic mass is 16.5. The smallest absolute Gasteiger partial charge is 0.269 e. The molecule has 8 nitrogen and oxygen atoms in total. The van der Waals surface area contributed by atoms with Crippen LogP contribution >= 0.6 is 0 Å². The number of para-hydroxylation sites is 1. The van der Waals surface area contributed by atoms with Crippen LogP contribution in [0, 0.1) is 17.4 Å². The number of nitriles is 1. The maximum absolute atomic E-state index is 12.9. The van der Waals surface area contributed by atoms with Crippen LogP contribution in [0.2, 0.25) is 0 Å². The number of carbonyl (C=O) groups excluding carboxylic acids is 1. The molecule has 150 valence electrons. The number of pyridine rings is 1. The molecule has 0 radical (unpaired) electrons. The molecule has 0 spiro atoms. The Labute approximate surface area is 173 Å². The maximum Gasteiger partial charge on any atom is 0.269 e. The minimum Gasteiger partial charge on any atom is -0.457 e. The fraction of sp³-hybridized carbons (Fsp3) is 0.273. The lowest BCUT2D eigenvalue weighted by Crippen LogP contribution is -2.60. The van der Waals surface area contributed by atoms with E-state index in [1.807, 2.05) is 30.3 Å². The largest absolute Gasteiger partial charge is 0.457 e. The Morgan fingerprint density at radius 1 is 1.33 bits per heavy atom. The summed E-state index contributed by atoms with van der Waals surface area (Å²) >= 11 is 0. The van der Waals surface area contributed by atoms with E-state index in [2.05, 4.69) is 26.7 Å². The summed E-state index contributed by atoms with van der Waals surface area (Å²) in [7, 11) is 0. The zero-order chi connectivity index (χ0) is 20.6. The summed E-state index contributed by atoms with van der Waals surface area (Å²) in [5.41, 5.74) is 1.32. The van der Waals surface area contributed by atoms with Gasteiger partial charge in [0.15, 0.2) is 6.19 Å². The van der Waals surface area contributed by atoms with Crippen LogP contribution in [0.5, 0.6) is 11.5 Å². The van der Waals surface area contributed by atoms with Crippen molar-refractivity contribution in [2.45, 2.75) is 18.4 Å². The molecule has 2 N–H and O–H groups in total. The van der Waals surface area contributed by atoms with Gasteiger partial charge >= 0.3 is 0 Å². The molecule has 8 heteroatoms. The average Bonchev–Trinajstić information content (AvgIpc) is 3.34. The van der Waals surface area contributed by atoms with E-state index in [0.717, 1.165) is 12.8 Å². The monoisotopic (exact) mass is 400 g/mol. The molecule has 1 unspecified atom stereocenters. The van der Waals surface area contributed by atoms with Gasteiger partial charge in [-0.1, -0.05) is 18.2 Å². The molecule has 3 aromatic rings. The van der Waals surface area contributed by atoms with Gasteiger partial charge in [-0.25, -0.2) is 0 Å². The predicted molar refractivity (Wildman–Crippen MR) is 108 cm³/mol. The van der Waals surface area contributed by atoms with Gasteiger partial charge in [-0.2, -0.15) is 10.4 Å². The third-order valence-electron chi connectivity index (χ3n) is 5.99. The highest BCUT2D eigenvalue weighted by Crippen LogP contribution is 2.44. The zero-order valence-corrected chi connectivity index (χ0v) is 16.2. The van der Waals surface area contributed by atoms with Crippen molar-refractivity contribution in [1.29, 1.82) is 5.26 Å². The van der Waals surface area contributed by atoms with Gasteiger partial charge in [0, 0.05) is 24.9 Å². The van der Waals surface area contributed by atoms with Crippen molar-refractivity contribution in [3.05, 3.63) is 60.6 Å². The Bertz CT molecular complexity index is 1120. The Morgan fingerprint density at radius 3 is 2.97 bits per heavy atom. The molecule has 1 aliphatic carbocycles. The van der Waals surface area contributed by atoms with E-state index in [0.29, 0.717) is 47.5 Å². The van der Waals surface area contributed by atoms with Crippen molar-refractivity contribution in [3.8, 4) is 28.9 Å². The third-order valence-corrected chi connectivity index (χ3v) is 5.99. The number of fused-ring (bicyclic) bond motifs is 1. The Hall–Kier alpha value is -3.86. The summed E-state index contributed by atoms with van der Waals surface area (Å²) in [6.07, 6.45) is 7.43. The highest BCUT2D eigenvalue weighted by Gasteiger charge is 2.54. The first-order valence-electron chi connectivity index (χ1n) is 9.87. The molecule has 1 saturated carbocycles. The van der Waals surface area contributed by atoms with Crippen LogP contribution in [0.1, 0.15) is 23.3 Å². The minimum absolute atomic E-state index is 0.215. The zero-order valence-electron chi connectivity index (χ0n) is 16.2. The lowest BCUT2D eigenvalue weighted by molar-refractivity contribution is 0.0757. The molecule has 1 aromatic carbocycles. The number of likely N-dealkylation sites (tertiary alicyclic amines) is 1. The molecule has 1 aliphatic heterocycles. The van der Waals surface area contributed by atoms with Crippen LogP contribution in [-0.4, -0.2) is 44.6 Å². The van der Waals surface area contributed by atoms with Crippen LogP contribution in [0.15, 0.2) is 54.9 Å². The topological polar surface area (TPSA) is 107 Å². The van der Waals surface area contributed by atoms with Crippen molar-refractivity contribution in [2.75, 3.05) is 13.1 Å². The van der Waals surface area contributed by atoms with Gasteiger partial charge in [0.05, 0.1) is 23.3 Å². The van der Waals surface area contributed by atoms with Crippen LogP contribution < -0.4 is 10.1 Å². The van der Waals surface area contributed by atoms with Crippen LogP contribution in [0.4, 0.5) is 0 Å². The number of amides is 1.